The molecule has 0 radical (unpaired) electrons. The maximum Gasteiger partial charge on any atom is 0.265 e. The van der Waals surface area contributed by atoms with Gasteiger partial charge in [0.2, 0.25) is 5.91 Å². The van der Waals surface area contributed by atoms with Crippen LogP contribution in [0.5, 0.6) is 23.0 Å². The summed E-state index contributed by atoms with van der Waals surface area (Å²) in [5, 5.41) is 6.91. The molecule has 2 N–H and O–H groups in total. The van der Waals surface area contributed by atoms with Gasteiger partial charge in [-0.25, -0.2) is 4.98 Å². The number of aliphatic imine (C=N–C) groups is 1. The van der Waals surface area contributed by atoms with Crippen LogP contribution in [0.2, 0.25) is 0 Å². The molecule has 336 valence electrons. The molecule has 0 bridgehead atoms. The van der Waals surface area contributed by atoms with E-state index < -0.39 is 0 Å². The number of anilines is 2. The molecule has 2 amide bonds. The highest BCUT2D eigenvalue weighted by atomic mass is 33.1. The van der Waals surface area contributed by atoms with E-state index in [0.717, 1.165) is 45.8 Å². The molecular weight excluding hydrogens is 861 g/mol. The van der Waals surface area contributed by atoms with Crippen LogP contribution >= 0.6 is 21.6 Å². The van der Waals surface area contributed by atoms with Crippen molar-refractivity contribution in [2.75, 3.05) is 49.6 Å². The summed E-state index contributed by atoms with van der Waals surface area (Å²) < 4.78 is 25.9. The number of methoxy groups -OCH3 is 2. The summed E-state index contributed by atoms with van der Waals surface area (Å²) in [6, 6.07) is 28.5. The Morgan fingerprint density at radius 2 is 1.68 bits per heavy atom. The van der Waals surface area contributed by atoms with Crippen LogP contribution < -0.4 is 40.0 Å². The van der Waals surface area contributed by atoms with E-state index in [-0.39, 0.29) is 30.0 Å². The van der Waals surface area contributed by atoms with Crippen molar-refractivity contribution in [3.63, 3.8) is 0 Å². The number of hydrogen-bond acceptors (Lipinski definition) is 12. The fourth-order valence-electron chi connectivity index (χ4n) is 8.20. The van der Waals surface area contributed by atoms with Crippen molar-refractivity contribution in [2.45, 2.75) is 58.2 Å². The number of benzene rings is 5. The third kappa shape index (κ3) is 10.3. The van der Waals surface area contributed by atoms with Crippen LogP contribution in [0.3, 0.4) is 0 Å². The Balaban J connectivity index is 1.01. The number of rotatable bonds is 20. The lowest BCUT2D eigenvalue weighted by Crippen LogP contribution is -2.37. The number of aromatic nitrogens is 2. The number of hydrogen-bond donors (Lipinski definition) is 2. The molecule has 8 rings (SSSR count). The largest absolute Gasteiger partial charge is 0.495 e. The van der Waals surface area contributed by atoms with E-state index >= 15 is 0 Å². The number of para-hydroxylation sites is 2. The van der Waals surface area contributed by atoms with Crippen molar-refractivity contribution in [3.05, 3.63) is 135 Å². The van der Waals surface area contributed by atoms with Gasteiger partial charge in [0.15, 0.2) is 11.5 Å². The Morgan fingerprint density at radius 3 is 2.49 bits per heavy atom. The average Bonchev–Trinajstić information content (AvgIpc) is 3.65. The average molecular weight is 913 g/mol. The lowest BCUT2D eigenvalue weighted by atomic mass is 10.1. The van der Waals surface area contributed by atoms with Crippen LogP contribution in [-0.2, 0) is 30.8 Å². The second kappa shape index (κ2) is 21.0. The number of unbranched alkanes of at least 4 members (excludes halogenated alkanes) is 1. The summed E-state index contributed by atoms with van der Waals surface area (Å²) in [5.74, 6) is 2.78. The van der Waals surface area contributed by atoms with Gasteiger partial charge in [0.05, 0.1) is 60.4 Å². The minimum atomic E-state index is -0.184. The quantitative estimate of drug-likeness (QED) is 0.0559. The minimum Gasteiger partial charge on any atom is -0.495 e. The van der Waals surface area contributed by atoms with Crippen LogP contribution in [0.4, 0.5) is 17.1 Å². The van der Waals surface area contributed by atoms with Crippen LogP contribution in [0, 0.1) is 0 Å². The van der Waals surface area contributed by atoms with Gasteiger partial charge in [-0.1, -0.05) is 71.0 Å². The third-order valence-electron chi connectivity index (χ3n) is 11.4. The van der Waals surface area contributed by atoms with E-state index in [0.29, 0.717) is 96.2 Å². The fourth-order valence-corrected chi connectivity index (χ4v) is 9.30. The highest BCUT2D eigenvalue weighted by molar-refractivity contribution is 8.76. The number of ether oxygens (including phenoxy) is 4. The Labute approximate surface area is 386 Å². The Bertz CT molecular complexity index is 2800. The summed E-state index contributed by atoms with van der Waals surface area (Å²) in [6.45, 7) is 3.67. The number of nitrogens with one attached hydrogen (secondary N) is 2. The standard InChI is InChI=1S/C50H52N6O7S2/c1-5-34-12-6-8-14-43(34)55-31-54-40-26-42(45(60-2)24-38(40)49(55)58)52-28-32-20-33(22-37(21-32)62-18-11-10-16-48(57)51-17-19-65-64-4)30-63-47-27-41-39(25-46(47)61-3)50(59)56-36(29-53-41)23-35-13-7-9-15-44(35)56/h6-9,12-15,20-22,24-27,29,31,36,52H,5,10-11,16-19,23,28,30H2,1-4H3,(H,51,57)/t36-/m0/s1. The summed E-state index contributed by atoms with van der Waals surface area (Å²) in [4.78, 5) is 51.4. The van der Waals surface area contributed by atoms with Crippen LogP contribution in [0.25, 0.3) is 16.6 Å². The van der Waals surface area contributed by atoms with Gasteiger partial charge < -0.3 is 29.6 Å². The van der Waals surface area contributed by atoms with Gasteiger partial charge in [0.25, 0.3) is 11.5 Å². The predicted molar refractivity (Wildman–Crippen MR) is 262 cm³/mol. The molecule has 2 aliphatic heterocycles. The maximum absolute atomic E-state index is 14.0. The van der Waals surface area contributed by atoms with E-state index in [4.69, 9.17) is 23.9 Å². The molecule has 0 unspecified atom stereocenters. The van der Waals surface area contributed by atoms with Crippen LogP contribution in [0.15, 0.2) is 107 Å². The first-order valence-corrected chi connectivity index (χ1v) is 24.4. The number of fused-ring (bicyclic) bond motifs is 5. The Kier molecular flexibility index (Phi) is 14.6. The monoisotopic (exact) mass is 912 g/mol. The minimum absolute atomic E-state index is 0.0417. The van der Waals surface area contributed by atoms with Crippen LogP contribution in [0.1, 0.15) is 58.8 Å². The molecule has 0 aliphatic carbocycles. The van der Waals surface area contributed by atoms with Gasteiger partial charge >= 0.3 is 0 Å². The number of aryl methyl sites for hydroxylation is 1. The van der Waals surface area contributed by atoms with Crippen molar-refractivity contribution in [1.29, 1.82) is 0 Å². The zero-order chi connectivity index (χ0) is 45.3. The molecule has 6 aromatic rings. The maximum atomic E-state index is 14.0. The first-order chi connectivity index (χ1) is 31.8. The van der Waals surface area contributed by atoms with Crippen LogP contribution in [-0.4, -0.2) is 73.0 Å². The van der Waals surface area contributed by atoms with Gasteiger partial charge in [0.1, 0.15) is 24.4 Å². The third-order valence-corrected chi connectivity index (χ3v) is 13.2. The molecule has 0 spiro atoms. The van der Waals surface area contributed by atoms with E-state index in [2.05, 4.69) is 22.5 Å². The highest BCUT2D eigenvalue weighted by Crippen LogP contribution is 2.41. The number of nitrogens with zero attached hydrogens (tertiary/aromatic N) is 4. The second-order valence-electron chi connectivity index (χ2n) is 15.6. The predicted octanol–water partition coefficient (Wildman–Crippen LogP) is 9.12. The molecule has 13 nitrogen and oxygen atoms in total. The van der Waals surface area contributed by atoms with Gasteiger partial charge in [-0.15, -0.1) is 0 Å². The van der Waals surface area contributed by atoms with Gasteiger partial charge in [-0.2, -0.15) is 0 Å². The molecule has 3 heterocycles. The van der Waals surface area contributed by atoms with Crippen molar-refractivity contribution >= 4 is 67.6 Å². The van der Waals surface area contributed by atoms with Crippen molar-refractivity contribution in [1.82, 2.24) is 14.9 Å². The second-order valence-corrected chi connectivity index (χ2v) is 18.3. The molecule has 2 aliphatic rings. The van der Waals surface area contributed by atoms with E-state index in [1.807, 2.05) is 85.3 Å². The Morgan fingerprint density at radius 1 is 0.877 bits per heavy atom. The van der Waals surface area contributed by atoms with Gasteiger partial charge in [0, 0.05) is 49.7 Å². The molecule has 5 aromatic carbocycles. The summed E-state index contributed by atoms with van der Waals surface area (Å²) in [7, 11) is 6.54. The summed E-state index contributed by atoms with van der Waals surface area (Å²) >= 11 is 0. The lowest BCUT2D eigenvalue weighted by Gasteiger charge is -2.22. The number of carbonyl (C=O) groups excluding carboxylic acids is 2. The summed E-state index contributed by atoms with van der Waals surface area (Å²) in [6.07, 6.45) is 8.73. The smallest absolute Gasteiger partial charge is 0.265 e. The lowest BCUT2D eigenvalue weighted by molar-refractivity contribution is -0.121. The Hall–Kier alpha value is -6.45. The molecular formula is C50H52N6O7S2. The molecule has 0 saturated carbocycles. The molecule has 15 heteroatoms. The topological polar surface area (TPSA) is 146 Å². The molecule has 0 fully saturated rings. The molecule has 0 saturated heterocycles. The summed E-state index contributed by atoms with van der Waals surface area (Å²) in [5.41, 5.74) is 7.55. The number of carbonyl (C=O) groups is 2. The van der Waals surface area contributed by atoms with Gasteiger partial charge in [-0.3, -0.25) is 28.8 Å². The zero-order valence-corrected chi connectivity index (χ0v) is 38.6. The van der Waals surface area contributed by atoms with E-state index in [1.165, 1.54) is 0 Å². The SMILES string of the molecule is CCc1ccccc1-n1cnc2cc(NCc3cc(COc4cc5c(cc4OC)C(=O)N4c6ccccc6C[C@H]4C=N5)cc(OCCCCC(=O)NCCSSC)c3)c(OC)cc2c1=O. The first-order valence-electron chi connectivity index (χ1n) is 21.7. The normalized spacial score (nSPS) is 13.8. The molecule has 65 heavy (non-hydrogen) atoms. The fraction of sp³-hybridized carbons (Fsp3) is 0.300. The van der Waals surface area contributed by atoms with Crippen molar-refractivity contribution in [3.8, 4) is 28.7 Å². The molecule has 1 aromatic heterocycles. The number of amides is 2. The van der Waals surface area contributed by atoms with Gasteiger partial charge in [-0.05, 0) is 90.2 Å². The first kappa shape index (κ1) is 45.1. The zero-order valence-electron chi connectivity index (χ0n) is 36.9. The van der Waals surface area contributed by atoms with Crippen molar-refractivity contribution < 1.29 is 28.5 Å². The molecule has 1 atom stereocenters. The van der Waals surface area contributed by atoms with E-state index in [1.54, 1.807) is 69.8 Å². The highest BCUT2D eigenvalue weighted by Gasteiger charge is 2.36. The van der Waals surface area contributed by atoms with Crippen molar-refractivity contribution in [2.24, 2.45) is 4.99 Å². The van der Waals surface area contributed by atoms with E-state index in [9.17, 15) is 14.4 Å².